The van der Waals surface area contributed by atoms with Crippen molar-refractivity contribution in [2.24, 2.45) is 0 Å². The standard InChI is InChI=1S/C10H13ClN2O3S/c1-16-5-8-4-9(11)13-10(12-8)7-2-3-17(14,15)6-7/h4,7H,2-3,5-6H2,1H3. The van der Waals surface area contributed by atoms with Crippen molar-refractivity contribution in [3.63, 3.8) is 0 Å². The van der Waals surface area contributed by atoms with Gasteiger partial charge in [-0.05, 0) is 12.5 Å². The van der Waals surface area contributed by atoms with E-state index in [2.05, 4.69) is 9.97 Å². The van der Waals surface area contributed by atoms with Crippen molar-refractivity contribution < 1.29 is 13.2 Å². The van der Waals surface area contributed by atoms with Gasteiger partial charge in [-0.15, -0.1) is 0 Å². The molecule has 7 heteroatoms. The van der Waals surface area contributed by atoms with Gasteiger partial charge >= 0.3 is 0 Å². The Morgan fingerprint density at radius 1 is 1.53 bits per heavy atom. The molecule has 1 aliphatic rings. The van der Waals surface area contributed by atoms with E-state index in [0.717, 1.165) is 0 Å². The molecule has 2 rings (SSSR count). The zero-order chi connectivity index (χ0) is 12.5. The largest absolute Gasteiger partial charge is 0.378 e. The number of rotatable bonds is 3. The molecule has 1 saturated heterocycles. The summed E-state index contributed by atoms with van der Waals surface area (Å²) in [5, 5.41) is 0.325. The lowest BCUT2D eigenvalue weighted by molar-refractivity contribution is 0.181. The summed E-state index contributed by atoms with van der Waals surface area (Å²) in [7, 11) is -1.37. The van der Waals surface area contributed by atoms with Gasteiger partial charge in [-0.25, -0.2) is 18.4 Å². The van der Waals surface area contributed by atoms with Crippen LogP contribution in [0.5, 0.6) is 0 Å². The SMILES string of the molecule is COCc1cc(Cl)nc(C2CCS(=O)(=O)C2)n1. The molecular formula is C10H13ClN2O3S. The Bertz CT molecular complexity index is 518. The van der Waals surface area contributed by atoms with Crippen LogP contribution in [0.2, 0.25) is 5.15 Å². The predicted molar refractivity (Wildman–Crippen MR) is 63.8 cm³/mol. The Kier molecular flexibility index (Phi) is 3.65. The second-order valence-electron chi connectivity index (χ2n) is 4.07. The van der Waals surface area contributed by atoms with Crippen molar-refractivity contribution in [1.82, 2.24) is 9.97 Å². The summed E-state index contributed by atoms with van der Waals surface area (Å²) in [6, 6.07) is 1.62. The van der Waals surface area contributed by atoms with Gasteiger partial charge in [0.15, 0.2) is 9.84 Å². The lowest BCUT2D eigenvalue weighted by atomic mass is 10.1. The maximum absolute atomic E-state index is 11.4. The van der Waals surface area contributed by atoms with Crippen LogP contribution in [0.15, 0.2) is 6.07 Å². The molecule has 94 valence electrons. The predicted octanol–water partition coefficient (Wildman–Crippen LogP) is 1.18. The van der Waals surface area contributed by atoms with Gasteiger partial charge in [0.05, 0.1) is 23.8 Å². The molecule has 5 nitrogen and oxygen atoms in total. The molecule has 0 radical (unpaired) electrons. The van der Waals surface area contributed by atoms with Crippen molar-refractivity contribution in [3.05, 3.63) is 22.7 Å². The molecule has 0 aliphatic carbocycles. The van der Waals surface area contributed by atoms with E-state index in [1.165, 1.54) is 0 Å². The fourth-order valence-electron chi connectivity index (χ4n) is 1.89. The second-order valence-corrected chi connectivity index (χ2v) is 6.69. The topological polar surface area (TPSA) is 69.2 Å². The molecule has 1 atom stereocenters. The molecule has 1 aromatic heterocycles. The van der Waals surface area contributed by atoms with E-state index in [9.17, 15) is 8.42 Å². The first-order valence-electron chi connectivity index (χ1n) is 5.23. The third-order valence-corrected chi connectivity index (χ3v) is 4.62. The van der Waals surface area contributed by atoms with E-state index in [-0.39, 0.29) is 17.4 Å². The molecule has 0 N–H and O–H groups in total. The van der Waals surface area contributed by atoms with Crippen LogP contribution in [0.3, 0.4) is 0 Å². The van der Waals surface area contributed by atoms with Crippen molar-refractivity contribution in [1.29, 1.82) is 0 Å². The molecule has 1 aromatic rings. The first-order valence-corrected chi connectivity index (χ1v) is 7.43. The van der Waals surface area contributed by atoms with Crippen LogP contribution in [0.4, 0.5) is 0 Å². The van der Waals surface area contributed by atoms with Gasteiger partial charge < -0.3 is 4.74 Å². The summed E-state index contributed by atoms with van der Waals surface area (Å²) in [6.45, 7) is 0.342. The van der Waals surface area contributed by atoms with Crippen LogP contribution in [-0.2, 0) is 21.2 Å². The number of halogens is 1. The maximum atomic E-state index is 11.4. The average Bonchev–Trinajstić information content (AvgIpc) is 2.58. The monoisotopic (exact) mass is 276 g/mol. The molecule has 1 unspecified atom stereocenters. The van der Waals surface area contributed by atoms with E-state index in [1.54, 1.807) is 13.2 Å². The lowest BCUT2D eigenvalue weighted by Crippen LogP contribution is -2.09. The molecule has 2 heterocycles. The molecule has 1 fully saturated rings. The highest BCUT2D eigenvalue weighted by Gasteiger charge is 2.31. The fourth-order valence-corrected chi connectivity index (χ4v) is 3.84. The Balaban J connectivity index is 2.27. The number of hydrogen-bond acceptors (Lipinski definition) is 5. The molecule has 0 amide bonds. The van der Waals surface area contributed by atoms with Crippen LogP contribution < -0.4 is 0 Å². The Morgan fingerprint density at radius 2 is 2.29 bits per heavy atom. The molecule has 0 spiro atoms. The van der Waals surface area contributed by atoms with Crippen molar-refractivity contribution in [2.75, 3.05) is 18.6 Å². The summed E-state index contributed by atoms with van der Waals surface area (Å²) in [4.78, 5) is 8.38. The first kappa shape index (κ1) is 12.7. The molecular weight excluding hydrogens is 264 g/mol. The number of sulfone groups is 1. The van der Waals surface area contributed by atoms with Crippen molar-refractivity contribution in [3.8, 4) is 0 Å². The third kappa shape index (κ3) is 3.14. The van der Waals surface area contributed by atoms with Crippen LogP contribution in [0.25, 0.3) is 0 Å². The highest BCUT2D eigenvalue weighted by atomic mass is 35.5. The highest BCUT2D eigenvalue weighted by Crippen LogP contribution is 2.27. The summed E-state index contributed by atoms with van der Waals surface area (Å²) in [6.07, 6.45) is 0.565. The zero-order valence-electron chi connectivity index (χ0n) is 9.39. The fraction of sp³-hybridized carbons (Fsp3) is 0.600. The number of hydrogen-bond donors (Lipinski definition) is 0. The van der Waals surface area contributed by atoms with Gasteiger partial charge in [0, 0.05) is 13.0 Å². The van der Waals surface area contributed by atoms with Gasteiger partial charge in [-0.2, -0.15) is 0 Å². The smallest absolute Gasteiger partial charge is 0.151 e. The van der Waals surface area contributed by atoms with Gasteiger partial charge in [-0.1, -0.05) is 11.6 Å². The number of ether oxygens (including phenoxy) is 1. The van der Waals surface area contributed by atoms with Crippen molar-refractivity contribution in [2.45, 2.75) is 18.9 Å². The zero-order valence-corrected chi connectivity index (χ0v) is 11.0. The van der Waals surface area contributed by atoms with E-state index < -0.39 is 9.84 Å². The Labute approximate surface area is 105 Å². The second kappa shape index (κ2) is 4.88. The highest BCUT2D eigenvalue weighted by molar-refractivity contribution is 7.91. The van der Waals surface area contributed by atoms with Gasteiger partial charge in [0.25, 0.3) is 0 Å². The maximum Gasteiger partial charge on any atom is 0.151 e. The first-order chi connectivity index (χ1) is 8.00. The number of nitrogens with zero attached hydrogens (tertiary/aromatic N) is 2. The van der Waals surface area contributed by atoms with Crippen molar-refractivity contribution >= 4 is 21.4 Å². The summed E-state index contributed by atoms with van der Waals surface area (Å²) < 4.78 is 27.8. The van der Waals surface area contributed by atoms with Gasteiger partial charge in [0.2, 0.25) is 0 Å². The van der Waals surface area contributed by atoms with Crippen LogP contribution in [0.1, 0.15) is 23.9 Å². The molecule has 17 heavy (non-hydrogen) atoms. The lowest BCUT2D eigenvalue weighted by Gasteiger charge is -2.08. The van der Waals surface area contributed by atoms with Crippen LogP contribution >= 0.6 is 11.6 Å². The average molecular weight is 277 g/mol. The third-order valence-electron chi connectivity index (χ3n) is 2.66. The Morgan fingerprint density at radius 3 is 2.88 bits per heavy atom. The number of aromatic nitrogens is 2. The van der Waals surface area contributed by atoms with E-state index >= 15 is 0 Å². The minimum atomic E-state index is -2.94. The summed E-state index contributed by atoms with van der Waals surface area (Å²) in [5.41, 5.74) is 0.673. The number of methoxy groups -OCH3 is 1. The summed E-state index contributed by atoms with van der Waals surface area (Å²) >= 11 is 5.88. The quantitative estimate of drug-likeness (QED) is 0.776. The minimum absolute atomic E-state index is 0.111. The van der Waals surface area contributed by atoms with Gasteiger partial charge in [0.1, 0.15) is 11.0 Å². The molecule has 0 saturated carbocycles. The van der Waals surface area contributed by atoms with E-state index in [4.69, 9.17) is 16.3 Å². The molecule has 0 aromatic carbocycles. The van der Waals surface area contributed by atoms with Crippen LogP contribution in [0, 0.1) is 0 Å². The molecule has 1 aliphatic heterocycles. The van der Waals surface area contributed by atoms with E-state index in [1.807, 2.05) is 0 Å². The van der Waals surface area contributed by atoms with E-state index in [0.29, 0.717) is 29.7 Å². The summed E-state index contributed by atoms with van der Waals surface area (Å²) in [5.74, 6) is 0.673. The van der Waals surface area contributed by atoms with Gasteiger partial charge in [-0.3, -0.25) is 0 Å². The van der Waals surface area contributed by atoms with Crippen LogP contribution in [-0.4, -0.2) is 37.0 Å². The Hall–Kier alpha value is -0.720. The minimum Gasteiger partial charge on any atom is -0.378 e. The normalized spacial score (nSPS) is 22.8. The molecule has 0 bridgehead atoms.